The largest absolute Gasteiger partial charge is 0.364 e. The van der Waals surface area contributed by atoms with Crippen molar-refractivity contribution in [2.45, 2.75) is 26.3 Å². The van der Waals surface area contributed by atoms with E-state index in [0.29, 0.717) is 19.0 Å². The van der Waals surface area contributed by atoms with Gasteiger partial charge in [-0.1, -0.05) is 24.3 Å². The standard InChI is InChI=1S/C20H29N5O/c1-2-21-20(23-16-19(26)25-12-5-6-13-25)22-15-17-8-7-9-18(14-17)24-10-3-4-11-24/h3-4,7-9,14H,2,5-6,10-13,15-16H2,1H3,(H2,21,22,23). The van der Waals surface area contributed by atoms with E-state index in [0.717, 1.165) is 51.1 Å². The zero-order valence-electron chi connectivity index (χ0n) is 15.6. The molecule has 1 fully saturated rings. The highest BCUT2D eigenvalue weighted by molar-refractivity contribution is 5.86. The van der Waals surface area contributed by atoms with E-state index >= 15 is 0 Å². The van der Waals surface area contributed by atoms with Crippen molar-refractivity contribution >= 4 is 17.6 Å². The number of anilines is 1. The van der Waals surface area contributed by atoms with Crippen LogP contribution in [0, 0.1) is 0 Å². The summed E-state index contributed by atoms with van der Waals surface area (Å²) in [5, 5.41) is 6.38. The van der Waals surface area contributed by atoms with Gasteiger partial charge in [-0.15, -0.1) is 0 Å². The molecule has 2 aliphatic rings. The maximum absolute atomic E-state index is 12.2. The lowest BCUT2D eigenvalue weighted by molar-refractivity contribution is -0.128. The van der Waals surface area contributed by atoms with E-state index < -0.39 is 0 Å². The Balaban J connectivity index is 1.56. The van der Waals surface area contributed by atoms with Gasteiger partial charge in [0.25, 0.3) is 0 Å². The molecule has 1 saturated heterocycles. The van der Waals surface area contributed by atoms with Gasteiger partial charge in [-0.25, -0.2) is 4.99 Å². The highest BCUT2D eigenvalue weighted by atomic mass is 16.2. The zero-order chi connectivity index (χ0) is 18.2. The number of carbonyl (C=O) groups excluding carboxylic acids is 1. The third kappa shape index (κ3) is 5.00. The molecule has 3 rings (SSSR count). The summed E-state index contributed by atoms with van der Waals surface area (Å²) in [6.07, 6.45) is 6.61. The van der Waals surface area contributed by atoms with E-state index in [2.05, 4.69) is 56.9 Å². The summed E-state index contributed by atoms with van der Waals surface area (Å²) in [5.74, 6) is 0.838. The first kappa shape index (κ1) is 18.3. The van der Waals surface area contributed by atoms with Gasteiger partial charge in [0.05, 0.1) is 13.1 Å². The predicted molar refractivity (Wildman–Crippen MR) is 106 cm³/mol. The number of nitrogens with zero attached hydrogens (tertiary/aromatic N) is 3. The van der Waals surface area contributed by atoms with Gasteiger partial charge in [0.2, 0.25) is 5.91 Å². The summed E-state index contributed by atoms with van der Waals surface area (Å²) in [4.78, 5) is 21.1. The van der Waals surface area contributed by atoms with Crippen molar-refractivity contribution < 1.29 is 4.79 Å². The Morgan fingerprint density at radius 1 is 1.15 bits per heavy atom. The van der Waals surface area contributed by atoms with Crippen LogP contribution in [0.5, 0.6) is 0 Å². The summed E-state index contributed by atoms with van der Waals surface area (Å²) in [6.45, 7) is 7.38. The van der Waals surface area contributed by atoms with E-state index in [1.54, 1.807) is 0 Å². The van der Waals surface area contributed by atoms with Crippen molar-refractivity contribution in [2.24, 2.45) is 4.99 Å². The number of rotatable bonds is 6. The molecule has 1 amide bonds. The van der Waals surface area contributed by atoms with Crippen LogP contribution in [-0.2, 0) is 11.3 Å². The monoisotopic (exact) mass is 355 g/mol. The maximum atomic E-state index is 12.2. The Bertz CT molecular complexity index is 656. The van der Waals surface area contributed by atoms with Gasteiger partial charge in [-0.3, -0.25) is 4.79 Å². The molecule has 0 saturated carbocycles. The summed E-state index contributed by atoms with van der Waals surface area (Å²) in [6, 6.07) is 8.50. The molecule has 140 valence electrons. The Labute approximate surface area is 156 Å². The molecule has 1 aromatic carbocycles. The van der Waals surface area contributed by atoms with Crippen LogP contribution in [0.4, 0.5) is 5.69 Å². The van der Waals surface area contributed by atoms with Gasteiger partial charge in [0, 0.05) is 38.4 Å². The number of guanidine groups is 1. The first-order valence-electron chi connectivity index (χ1n) is 9.55. The lowest BCUT2D eigenvalue weighted by atomic mass is 10.2. The molecule has 2 aliphatic heterocycles. The van der Waals surface area contributed by atoms with Gasteiger partial charge >= 0.3 is 0 Å². The van der Waals surface area contributed by atoms with Crippen LogP contribution in [0.1, 0.15) is 25.3 Å². The van der Waals surface area contributed by atoms with Crippen molar-refractivity contribution in [2.75, 3.05) is 44.2 Å². The summed E-state index contributed by atoms with van der Waals surface area (Å²) < 4.78 is 0. The summed E-state index contributed by atoms with van der Waals surface area (Å²) in [7, 11) is 0. The van der Waals surface area contributed by atoms with Gasteiger partial charge in [0.15, 0.2) is 5.96 Å². The summed E-state index contributed by atoms with van der Waals surface area (Å²) in [5.41, 5.74) is 2.39. The number of carbonyl (C=O) groups is 1. The molecule has 2 N–H and O–H groups in total. The normalized spacial score (nSPS) is 17.0. The molecule has 0 aromatic heterocycles. The first-order chi connectivity index (χ1) is 12.8. The number of hydrogen-bond donors (Lipinski definition) is 2. The number of hydrogen-bond acceptors (Lipinski definition) is 3. The molecular formula is C20H29N5O. The third-order valence-electron chi connectivity index (χ3n) is 4.72. The number of aliphatic imine (C=N–C) groups is 1. The smallest absolute Gasteiger partial charge is 0.241 e. The number of amides is 1. The second-order valence-electron chi connectivity index (χ2n) is 6.68. The second kappa shape index (κ2) is 9.27. The van der Waals surface area contributed by atoms with Crippen LogP contribution in [0.15, 0.2) is 41.4 Å². The van der Waals surface area contributed by atoms with Crippen molar-refractivity contribution in [1.82, 2.24) is 15.5 Å². The Kier molecular flexibility index (Phi) is 6.52. The second-order valence-corrected chi connectivity index (χ2v) is 6.68. The van der Waals surface area contributed by atoms with Crippen molar-refractivity contribution in [1.29, 1.82) is 0 Å². The quantitative estimate of drug-likeness (QED) is 0.464. The molecule has 0 spiro atoms. The SMILES string of the molecule is CCNC(=NCc1cccc(N2CC=CC2)c1)NCC(=O)N1CCCC1. The van der Waals surface area contributed by atoms with E-state index in [1.165, 1.54) is 5.69 Å². The van der Waals surface area contributed by atoms with E-state index in [9.17, 15) is 4.79 Å². The molecule has 0 radical (unpaired) electrons. The lowest BCUT2D eigenvalue weighted by Crippen LogP contribution is -2.44. The van der Waals surface area contributed by atoms with Crippen LogP contribution in [0.2, 0.25) is 0 Å². The molecule has 6 heteroatoms. The van der Waals surface area contributed by atoms with E-state index in [-0.39, 0.29) is 5.91 Å². The molecule has 6 nitrogen and oxygen atoms in total. The fourth-order valence-electron chi connectivity index (χ4n) is 3.29. The van der Waals surface area contributed by atoms with Crippen LogP contribution in [-0.4, -0.2) is 56.0 Å². The third-order valence-corrected chi connectivity index (χ3v) is 4.72. The van der Waals surface area contributed by atoms with Crippen LogP contribution < -0.4 is 15.5 Å². The minimum atomic E-state index is 0.150. The van der Waals surface area contributed by atoms with Crippen LogP contribution >= 0.6 is 0 Å². The average Bonchev–Trinajstić information content (AvgIpc) is 3.38. The molecule has 0 unspecified atom stereocenters. The maximum Gasteiger partial charge on any atom is 0.241 e. The molecule has 0 bridgehead atoms. The minimum absolute atomic E-state index is 0.150. The predicted octanol–water partition coefficient (Wildman–Crippen LogP) is 1.74. The molecular weight excluding hydrogens is 326 g/mol. The van der Waals surface area contributed by atoms with Crippen LogP contribution in [0.25, 0.3) is 0 Å². The molecule has 0 atom stereocenters. The Hall–Kier alpha value is -2.50. The number of benzene rings is 1. The van der Waals surface area contributed by atoms with Crippen LogP contribution in [0.3, 0.4) is 0 Å². The average molecular weight is 355 g/mol. The van der Waals surface area contributed by atoms with Gasteiger partial charge < -0.3 is 20.4 Å². The Morgan fingerprint density at radius 3 is 2.65 bits per heavy atom. The van der Waals surface area contributed by atoms with E-state index in [1.807, 2.05) is 11.8 Å². The molecule has 2 heterocycles. The van der Waals surface area contributed by atoms with E-state index in [4.69, 9.17) is 0 Å². The lowest BCUT2D eigenvalue weighted by Gasteiger charge is -2.18. The highest BCUT2D eigenvalue weighted by Crippen LogP contribution is 2.18. The van der Waals surface area contributed by atoms with Gasteiger partial charge in [0.1, 0.15) is 0 Å². The Morgan fingerprint density at radius 2 is 1.92 bits per heavy atom. The van der Waals surface area contributed by atoms with Gasteiger partial charge in [-0.2, -0.15) is 0 Å². The topological polar surface area (TPSA) is 60.0 Å². The van der Waals surface area contributed by atoms with Crippen molar-refractivity contribution in [3.05, 3.63) is 42.0 Å². The number of likely N-dealkylation sites (tertiary alicyclic amines) is 1. The fraction of sp³-hybridized carbons (Fsp3) is 0.500. The zero-order valence-corrected chi connectivity index (χ0v) is 15.6. The van der Waals surface area contributed by atoms with Gasteiger partial charge in [-0.05, 0) is 37.5 Å². The number of nitrogens with one attached hydrogen (secondary N) is 2. The highest BCUT2D eigenvalue weighted by Gasteiger charge is 2.17. The minimum Gasteiger partial charge on any atom is -0.364 e. The van der Waals surface area contributed by atoms with Crippen molar-refractivity contribution in [3.63, 3.8) is 0 Å². The molecule has 1 aromatic rings. The van der Waals surface area contributed by atoms with Crippen molar-refractivity contribution in [3.8, 4) is 0 Å². The molecule has 0 aliphatic carbocycles. The molecule has 26 heavy (non-hydrogen) atoms. The summed E-state index contributed by atoms with van der Waals surface area (Å²) >= 11 is 0. The first-order valence-corrected chi connectivity index (χ1v) is 9.55. The fourth-order valence-corrected chi connectivity index (χ4v) is 3.29.